The lowest BCUT2D eigenvalue weighted by atomic mass is 10.0. The minimum atomic E-state index is 0.554. The van der Waals surface area contributed by atoms with E-state index in [1.807, 2.05) is 78.1 Å². The predicted octanol–water partition coefficient (Wildman–Crippen LogP) is 14.8. The fourth-order valence-electron chi connectivity index (χ4n) is 8.94. The standard InChI is InChI=1S/C55H32N6S2/c1-4-16-33(17-5-1)49-51-50(39-24-12-15-27-47(39)63-51)57-54(56-49)36-28-29-44(42(30-36)55-59-52(34-18-6-2-7-19-34)58-53(60-55)35-20-8-3-9-21-35)61-43-25-13-10-22-37(43)40-32-48-41(31-45(40)61)38-23-11-14-26-46(38)62-48/h1-32H. The number of aromatic nitrogens is 6. The molecule has 0 atom stereocenters. The molecular weight excluding hydrogens is 809 g/mol. The molecule has 8 heteroatoms. The second kappa shape index (κ2) is 14.3. The highest BCUT2D eigenvalue weighted by molar-refractivity contribution is 7.26. The molecule has 0 bridgehead atoms. The van der Waals surface area contributed by atoms with Crippen molar-refractivity contribution in [2.24, 2.45) is 0 Å². The van der Waals surface area contributed by atoms with Gasteiger partial charge in [-0.1, -0.05) is 146 Å². The van der Waals surface area contributed by atoms with Crippen molar-refractivity contribution >= 4 is 85.0 Å². The van der Waals surface area contributed by atoms with Gasteiger partial charge in [-0.05, 0) is 48.5 Å². The van der Waals surface area contributed by atoms with Gasteiger partial charge >= 0.3 is 0 Å². The van der Waals surface area contributed by atoms with Crippen LogP contribution in [-0.2, 0) is 0 Å². The van der Waals surface area contributed by atoms with E-state index >= 15 is 0 Å². The van der Waals surface area contributed by atoms with Crippen LogP contribution in [0.1, 0.15) is 0 Å². The largest absolute Gasteiger partial charge is 0.308 e. The zero-order valence-electron chi connectivity index (χ0n) is 33.5. The number of thiophene rings is 2. The molecule has 6 nitrogen and oxygen atoms in total. The summed E-state index contributed by atoms with van der Waals surface area (Å²) < 4.78 is 7.17. The molecule has 8 aromatic carbocycles. The first-order chi connectivity index (χ1) is 31.2. The van der Waals surface area contributed by atoms with Crippen LogP contribution in [0.5, 0.6) is 0 Å². The van der Waals surface area contributed by atoms with E-state index in [0.717, 1.165) is 65.8 Å². The van der Waals surface area contributed by atoms with Crippen molar-refractivity contribution in [2.75, 3.05) is 0 Å². The minimum absolute atomic E-state index is 0.554. The Hall–Kier alpha value is -7.91. The number of rotatable bonds is 6. The van der Waals surface area contributed by atoms with Gasteiger partial charge in [0.2, 0.25) is 0 Å². The zero-order chi connectivity index (χ0) is 41.4. The number of fused-ring (bicyclic) bond motifs is 9. The summed E-state index contributed by atoms with van der Waals surface area (Å²) in [5.41, 5.74) is 9.56. The van der Waals surface area contributed by atoms with Crippen molar-refractivity contribution in [1.29, 1.82) is 0 Å². The first-order valence-electron chi connectivity index (χ1n) is 20.8. The maximum absolute atomic E-state index is 5.39. The van der Waals surface area contributed by atoms with E-state index in [4.69, 9.17) is 24.9 Å². The Labute approximate surface area is 369 Å². The van der Waals surface area contributed by atoms with Gasteiger partial charge in [0.25, 0.3) is 0 Å². The van der Waals surface area contributed by atoms with Crippen molar-refractivity contribution < 1.29 is 0 Å². The lowest BCUT2D eigenvalue weighted by molar-refractivity contribution is 1.06. The lowest BCUT2D eigenvalue weighted by Crippen LogP contribution is -2.04. The Morgan fingerprint density at radius 2 is 0.905 bits per heavy atom. The van der Waals surface area contributed by atoms with Crippen molar-refractivity contribution in [1.82, 2.24) is 29.5 Å². The number of para-hydroxylation sites is 1. The summed E-state index contributed by atoms with van der Waals surface area (Å²) in [6.07, 6.45) is 0. The van der Waals surface area contributed by atoms with Gasteiger partial charge in [-0.25, -0.2) is 24.9 Å². The molecule has 13 aromatic rings. The summed E-state index contributed by atoms with van der Waals surface area (Å²) in [5.74, 6) is 2.38. The smallest absolute Gasteiger partial charge is 0.166 e. The summed E-state index contributed by atoms with van der Waals surface area (Å²) in [6.45, 7) is 0. The molecule has 0 saturated heterocycles. The summed E-state index contributed by atoms with van der Waals surface area (Å²) in [6, 6.07) is 67.8. The van der Waals surface area contributed by atoms with Gasteiger partial charge in [-0.15, -0.1) is 22.7 Å². The van der Waals surface area contributed by atoms with Crippen LogP contribution in [0.25, 0.3) is 125 Å². The fourth-order valence-corrected chi connectivity index (χ4v) is 11.2. The van der Waals surface area contributed by atoms with Crippen LogP contribution >= 0.6 is 22.7 Å². The Morgan fingerprint density at radius 1 is 0.333 bits per heavy atom. The maximum atomic E-state index is 5.39. The molecule has 294 valence electrons. The average Bonchev–Trinajstić information content (AvgIpc) is 4.02. The number of benzene rings is 8. The molecule has 0 spiro atoms. The predicted molar refractivity (Wildman–Crippen MR) is 263 cm³/mol. The van der Waals surface area contributed by atoms with Crippen LogP contribution in [0.4, 0.5) is 0 Å². The molecule has 5 heterocycles. The third-order valence-electron chi connectivity index (χ3n) is 11.9. The third-order valence-corrected chi connectivity index (χ3v) is 14.2. The fraction of sp³-hybridized carbons (Fsp3) is 0. The highest BCUT2D eigenvalue weighted by atomic mass is 32.1. The monoisotopic (exact) mass is 840 g/mol. The van der Waals surface area contributed by atoms with E-state index in [-0.39, 0.29) is 0 Å². The minimum Gasteiger partial charge on any atom is -0.308 e. The first-order valence-corrected chi connectivity index (χ1v) is 22.5. The normalized spacial score (nSPS) is 11.8. The van der Waals surface area contributed by atoms with Gasteiger partial charge < -0.3 is 4.57 Å². The van der Waals surface area contributed by atoms with Gasteiger partial charge in [0.15, 0.2) is 23.3 Å². The van der Waals surface area contributed by atoms with Crippen LogP contribution in [0.15, 0.2) is 194 Å². The molecular formula is C55H32N6S2. The quantitative estimate of drug-likeness (QED) is 0.167. The van der Waals surface area contributed by atoms with Crippen LogP contribution < -0.4 is 0 Å². The zero-order valence-corrected chi connectivity index (χ0v) is 35.1. The molecule has 0 aliphatic heterocycles. The average molecular weight is 841 g/mol. The van der Waals surface area contributed by atoms with E-state index in [9.17, 15) is 0 Å². The van der Waals surface area contributed by atoms with Crippen LogP contribution in [0, 0.1) is 0 Å². The highest BCUT2D eigenvalue weighted by Crippen LogP contribution is 2.44. The summed E-state index contributed by atoms with van der Waals surface area (Å²) in [4.78, 5) is 26.5. The highest BCUT2D eigenvalue weighted by Gasteiger charge is 2.23. The van der Waals surface area contributed by atoms with Gasteiger partial charge in [-0.3, -0.25) is 0 Å². The molecule has 5 aromatic heterocycles. The van der Waals surface area contributed by atoms with Crippen molar-refractivity contribution in [3.8, 4) is 62.5 Å². The molecule has 0 unspecified atom stereocenters. The number of hydrogen-bond acceptors (Lipinski definition) is 7. The van der Waals surface area contributed by atoms with Crippen LogP contribution in [0.3, 0.4) is 0 Å². The second-order valence-electron chi connectivity index (χ2n) is 15.6. The molecule has 0 saturated carbocycles. The van der Waals surface area contributed by atoms with E-state index < -0.39 is 0 Å². The molecule has 0 amide bonds. The van der Waals surface area contributed by atoms with E-state index in [1.165, 1.54) is 35.6 Å². The Morgan fingerprint density at radius 3 is 1.62 bits per heavy atom. The van der Waals surface area contributed by atoms with Gasteiger partial charge in [0.05, 0.1) is 32.6 Å². The third kappa shape index (κ3) is 5.87. The molecule has 0 radical (unpaired) electrons. The second-order valence-corrected chi connectivity index (χ2v) is 17.8. The van der Waals surface area contributed by atoms with Gasteiger partial charge in [0, 0.05) is 68.8 Å². The number of hydrogen-bond donors (Lipinski definition) is 0. The summed E-state index contributed by atoms with van der Waals surface area (Å²) >= 11 is 3.58. The molecule has 0 aliphatic carbocycles. The Bertz CT molecular complexity index is 3850. The van der Waals surface area contributed by atoms with Gasteiger partial charge in [0.1, 0.15) is 0 Å². The lowest BCUT2D eigenvalue weighted by Gasteiger charge is -2.16. The van der Waals surface area contributed by atoms with E-state index in [2.05, 4.69) is 132 Å². The maximum Gasteiger partial charge on any atom is 0.166 e. The van der Waals surface area contributed by atoms with Crippen LogP contribution in [-0.4, -0.2) is 29.5 Å². The molecule has 13 rings (SSSR count). The summed E-state index contributed by atoms with van der Waals surface area (Å²) in [5, 5.41) is 5.98. The van der Waals surface area contributed by atoms with Gasteiger partial charge in [-0.2, -0.15) is 0 Å². The molecule has 0 aliphatic rings. The van der Waals surface area contributed by atoms with Crippen molar-refractivity contribution in [3.63, 3.8) is 0 Å². The Kier molecular flexibility index (Phi) is 8.15. The number of nitrogens with zero attached hydrogens (tertiary/aromatic N) is 6. The van der Waals surface area contributed by atoms with Crippen molar-refractivity contribution in [3.05, 3.63) is 194 Å². The van der Waals surface area contributed by atoms with Crippen molar-refractivity contribution in [2.45, 2.75) is 0 Å². The molecule has 0 N–H and O–H groups in total. The van der Waals surface area contributed by atoms with E-state index in [1.54, 1.807) is 11.3 Å². The van der Waals surface area contributed by atoms with Crippen LogP contribution in [0.2, 0.25) is 0 Å². The Balaban J connectivity index is 1.13. The molecule has 63 heavy (non-hydrogen) atoms. The SMILES string of the molecule is c1ccc(-c2nc(-c3ccccc3)nc(-c3cc(-c4nc(-c5ccccc5)c5sc6ccccc6c5n4)ccc3-n3c4ccccc4c4cc5sc6ccccc6c5cc43)n2)cc1. The molecule has 0 fully saturated rings. The topological polar surface area (TPSA) is 69.4 Å². The van der Waals surface area contributed by atoms with E-state index in [0.29, 0.717) is 23.3 Å². The first kappa shape index (κ1) is 35.8. The summed E-state index contributed by atoms with van der Waals surface area (Å²) in [7, 11) is 0.